The van der Waals surface area contributed by atoms with E-state index in [1.807, 2.05) is 6.92 Å². The van der Waals surface area contributed by atoms with E-state index in [-0.39, 0.29) is 23.2 Å². The summed E-state index contributed by atoms with van der Waals surface area (Å²) in [6, 6.07) is 3.58. The van der Waals surface area contributed by atoms with Gasteiger partial charge < -0.3 is 15.8 Å². The summed E-state index contributed by atoms with van der Waals surface area (Å²) >= 11 is 0. The number of esters is 1. The highest BCUT2D eigenvalue weighted by Gasteiger charge is 2.15. The molecule has 0 aliphatic rings. The summed E-state index contributed by atoms with van der Waals surface area (Å²) in [7, 11) is 1.20. The molecule has 1 amide bonds. The van der Waals surface area contributed by atoms with Crippen LogP contribution in [0.1, 0.15) is 36.5 Å². The van der Waals surface area contributed by atoms with Gasteiger partial charge >= 0.3 is 5.97 Å². The normalized spacial score (nSPS) is 11.8. The van der Waals surface area contributed by atoms with Gasteiger partial charge in [-0.3, -0.25) is 4.79 Å². The van der Waals surface area contributed by atoms with Crippen molar-refractivity contribution in [3.05, 3.63) is 29.6 Å². The molecule has 0 radical (unpaired) electrons. The lowest BCUT2D eigenvalue weighted by Gasteiger charge is -2.10. The minimum atomic E-state index is -0.699. The molecule has 1 rings (SSSR count). The minimum absolute atomic E-state index is 0.00644. The molecular weight excluding hydrogens is 263 g/mol. The summed E-state index contributed by atoms with van der Waals surface area (Å²) in [5, 5.41) is 2.58. The average molecular weight is 282 g/mol. The summed E-state index contributed by atoms with van der Waals surface area (Å²) in [6.07, 6.45) is 1.68. The molecule has 3 N–H and O–H groups in total. The number of carbonyl (C=O) groups is 2. The zero-order chi connectivity index (χ0) is 15.1. The van der Waals surface area contributed by atoms with Crippen LogP contribution < -0.4 is 11.1 Å². The van der Waals surface area contributed by atoms with E-state index >= 15 is 0 Å². The maximum atomic E-state index is 13.1. The first-order valence-electron chi connectivity index (χ1n) is 6.37. The van der Waals surface area contributed by atoms with Crippen molar-refractivity contribution < 1.29 is 18.7 Å². The van der Waals surface area contributed by atoms with E-state index in [1.54, 1.807) is 0 Å². The molecule has 0 aromatic heterocycles. The van der Waals surface area contributed by atoms with Gasteiger partial charge in [-0.2, -0.15) is 0 Å². The zero-order valence-electron chi connectivity index (χ0n) is 11.6. The van der Waals surface area contributed by atoms with Gasteiger partial charge in [0.2, 0.25) is 5.91 Å². The Bertz CT molecular complexity index is 489. The number of hydrogen-bond donors (Lipinski definition) is 2. The maximum Gasteiger partial charge on any atom is 0.340 e. The first-order chi connectivity index (χ1) is 9.43. The van der Waals surface area contributed by atoms with Crippen LogP contribution in [0.3, 0.4) is 0 Å². The number of nitrogens with two attached hydrogens (primary N) is 1. The fraction of sp³-hybridized carbons (Fsp3) is 0.429. The zero-order valence-corrected chi connectivity index (χ0v) is 11.6. The molecule has 0 spiro atoms. The third-order valence-corrected chi connectivity index (χ3v) is 2.72. The monoisotopic (exact) mass is 282 g/mol. The van der Waals surface area contributed by atoms with Gasteiger partial charge in [-0.15, -0.1) is 0 Å². The van der Waals surface area contributed by atoms with Gasteiger partial charge in [0.15, 0.2) is 0 Å². The Hall–Kier alpha value is -1.95. The van der Waals surface area contributed by atoms with Crippen LogP contribution in [0.25, 0.3) is 0 Å². The molecule has 0 saturated carbocycles. The van der Waals surface area contributed by atoms with E-state index in [1.165, 1.54) is 19.2 Å². The number of carbonyl (C=O) groups excluding carboxylic acids is 2. The fourth-order valence-corrected chi connectivity index (χ4v) is 1.70. The summed E-state index contributed by atoms with van der Waals surface area (Å²) in [4.78, 5) is 23.3. The SMILES string of the molecule is COC(=O)c1cc(F)ccc1NC(=O)CCCC(C)N. The van der Waals surface area contributed by atoms with Gasteiger partial charge in [-0.05, 0) is 38.0 Å². The maximum absolute atomic E-state index is 13.1. The summed E-state index contributed by atoms with van der Waals surface area (Å²) < 4.78 is 17.7. The third-order valence-electron chi connectivity index (χ3n) is 2.72. The Kier molecular flexibility index (Phi) is 6.11. The molecular formula is C14H19FN2O3. The van der Waals surface area contributed by atoms with Crippen LogP contribution in [0, 0.1) is 5.82 Å². The Morgan fingerprint density at radius 3 is 2.75 bits per heavy atom. The number of rotatable bonds is 6. The first-order valence-corrected chi connectivity index (χ1v) is 6.37. The number of ether oxygens (including phenoxy) is 1. The second-order valence-corrected chi connectivity index (χ2v) is 4.60. The molecule has 6 heteroatoms. The van der Waals surface area contributed by atoms with Crippen molar-refractivity contribution in [3.63, 3.8) is 0 Å². The van der Waals surface area contributed by atoms with Crippen molar-refractivity contribution >= 4 is 17.6 Å². The number of methoxy groups -OCH3 is 1. The van der Waals surface area contributed by atoms with Crippen LogP contribution in [0.5, 0.6) is 0 Å². The molecule has 1 aromatic carbocycles. The number of benzene rings is 1. The Balaban J connectivity index is 2.71. The number of nitrogens with one attached hydrogen (secondary N) is 1. The van der Waals surface area contributed by atoms with Crippen molar-refractivity contribution in [2.75, 3.05) is 12.4 Å². The molecule has 0 aliphatic heterocycles. The molecule has 0 fully saturated rings. The lowest BCUT2D eigenvalue weighted by Crippen LogP contribution is -2.18. The highest BCUT2D eigenvalue weighted by molar-refractivity contribution is 6.01. The number of anilines is 1. The lowest BCUT2D eigenvalue weighted by molar-refractivity contribution is -0.116. The van der Waals surface area contributed by atoms with E-state index in [9.17, 15) is 14.0 Å². The second-order valence-electron chi connectivity index (χ2n) is 4.60. The molecule has 1 atom stereocenters. The molecule has 0 bridgehead atoms. The van der Waals surface area contributed by atoms with Crippen molar-refractivity contribution in [3.8, 4) is 0 Å². The summed E-state index contributed by atoms with van der Waals surface area (Å²) in [5.41, 5.74) is 5.83. The lowest BCUT2D eigenvalue weighted by atomic mass is 10.1. The predicted octanol–water partition coefficient (Wildman–Crippen LogP) is 2.07. The first kappa shape index (κ1) is 16.1. The fourth-order valence-electron chi connectivity index (χ4n) is 1.70. The Morgan fingerprint density at radius 1 is 1.45 bits per heavy atom. The Labute approximate surface area is 117 Å². The molecule has 0 heterocycles. The minimum Gasteiger partial charge on any atom is -0.465 e. The molecule has 1 unspecified atom stereocenters. The van der Waals surface area contributed by atoms with Gasteiger partial charge in [0.25, 0.3) is 0 Å². The van der Waals surface area contributed by atoms with Crippen LogP contribution in [0.15, 0.2) is 18.2 Å². The van der Waals surface area contributed by atoms with E-state index < -0.39 is 11.8 Å². The van der Waals surface area contributed by atoms with Crippen molar-refractivity contribution in [1.82, 2.24) is 0 Å². The quantitative estimate of drug-likeness (QED) is 0.783. The van der Waals surface area contributed by atoms with Crippen LogP contribution in [-0.2, 0) is 9.53 Å². The molecule has 1 aromatic rings. The standard InChI is InChI=1S/C14H19FN2O3/c1-9(16)4-3-5-13(18)17-12-7-6-10(15)8-11(12)14(19)20-2/h6-9H,3-5,16H2,1-2H3,(H,17,18). The average Bonchev–Trinajstić information content (AvgIpc) is 2.39. The summed E-state index contributed by atoms with van der Waals surface area (Å²) in [6.45, 7) is 1.87. The second kappa shape index (κ2) is 7.59. The molecule has 0 aliphatic carbocycles. The van der Waals surface area contributed by atoms with Gasteiger partial charge in [0.05, 0.1) is 18.4 Å². The van der Waals surface area contributed by atoms with E-state index in [2.05, 4.69) is 10.1 Å². The third kappa shape index (κ3) is 4.97. The molecule has 5 nitrogen and oxygen atoms in total. The van der Waals surface area contributed by atoms with Crippen LogP contribution in [0.2, 0.25) is 0 Å². The van der Waals surface area contributed by atoms with Crippen LogP contribution in [-0.4, -0.2) is 25.0 Å². The molecule has 20 heavy (non-hydrogen) atoms. The van der Waals surface area contributed by atoms with Crippen molar-refractivity contribution in [2.24, 2.45) is 5.73 Å². The van der Waals surface area contributed by atoms with E-state index in [4.69, 9.17) is 5.73 Å². The molecule has 0 saturated heterocycles. The highest BCUT2D eigenvalue weighted by Crippen LogP contribution is 2.18. The molecule has 110 valence electrons. The van der Waals surface area contributed by atoms with Gasteiger partial charge in [0, 0.05) is 12.5 Å². The number of amides is 1. The highest BCUT2D eigenvalue weighted by atomic mass is 19.1. The van der Waals surface area contributed by atoms with E-state index in [0.29, 0.717) is 12.8 Å². The van der Waals surface area contributed by atoms with Crippen molar-refractivity contribution in [2.45, 2.75) is 32.2 Å². The largest absolute Gasteiger partial charge is 0.465 e. The summed E-state index contributed by atoms with van der Waals surface area (Å²) in [5.74, 6) is -1.52. The van der Waals surface area contributed by atoms with Crippen LogP contribution >= 0.6 is 0 Å². The smallest absolute Gasteiger partial charge is 0.340 e. The van der Waals surface area contributed by atoms with Crippen LogP contribution in [0.4, 0.5) is 10.1 Å². The predicted molar refractivity (Wildman–Crippen MR) is 73.9 cm³/mol. The van der Waals surface area contributed by atoms with Gasteiger partial charge in [0.1, 0.15) is 5.82 Å². The Morgan fingerprint density at radius 2 is 2.15 bits per heavy atom. The van der Waals surface area contributed by atoms with E-state index in [0.717, 1.165) is 12.5 Å². The van der Waals surface area contributed by atoms with Crippen molar-refractivity contribution in [1.29, 1.82) is 0 Å². The topological polar surface area (TPSA) is 81.4 Å². The van der Waals surface area contributed by atoms with Gasteiger partial charge in [-0.25, -0.2) is 9.18 Å². The number of halogens is 1. The number of hydrogen-bond acceptors (Lipinski definition) is 4. The van der Waals surface area contributed by atoms with Gasteiger partial charge in [-0.1, -0.05) is 0 Å².